The highest BCUT2D eigenvalue weighted by molar-refractivity contribution is 6.07. The van der Waals surface area contributed by atoms with Gasteiger partial charge >= 0.3 is 0 Å². The minimum absolute atomic E-state index is 0. The van der Waals surface area contributed by atoms with Gasteiger partial charge in [0.15, 0.2) is 5.65 Å². The summed E-state index contributed by atoms with van der Waals surface area (Å²) in [6, 6.07) is 14.5. The minimum Gasteiger partial charge on any atom is -0.389 e. The van der Waals surface area contributed by atoms with Crippen molar-refractivity contribution in [1.29, 1.82) is 0 Å². The van der Waals surface area contributed by atoms with Gasteiger partial charge in [0.25, 0.3) is 11.5 Å². The molecule has 1 aliphatic rings. The first-order valence-electron chi connectivity index (χ1n) is 10.6. The molecule has 1 amide bonds. The Morgan fingerprint density at radius 2 is 1.82 bits per heavy atom. The van der Waals surface area contributed by atoms with Crippen molar-refractivity contribution in [2.75, 3.05) is 19.6 Å². The van der Waals surface area contributed by atoms with E-state index in [0.717, 1.165) is 10.8 Å². The summed E-state index contributed by atoms with van der Waals surface area (Å²) in [6.45, 7) is 3.09. The zero-order chi connectivity index (χ0) is 22.4. The molecule has 3 atom stereocenters. The summed E-state index contributed by atoms with van der Waals surface area (Å²) in [5, 5.41) is 24.7. The van der Waals surface area contributed by atoms with Crippen molar-refractivity contribution in [2.45, 2.75) is 25.2 Å². The first kappa shape index (κ1) is 23.1. The molecule has 1 fully saturated rings. The fourth-order valence-electron chi connectivity index (χ4n) is 4.47. The van der Waals surface area contributed by atoms with Gasteiger partial charge in [-0.15, -0.1) is 12.4 Å². The number of pyridine rings is 1. The Morgan fingerprint density at radius 3 is 2.58 bits per heavy atom. The van der Waals surface area contributed by atoms with Gasteiger partial charge < -0.3 is 15.5 Å². The monoisotopic (exact) mass is 468 g/mol. The van der Waals surface area contributed by atoms with Gasteiger partial charge in [-0.05, 0) is 30.5 Å². The highest BCUT2D eigenvalue weighted by atomic mass is 35.5. The van der Waals surface area contributed by atoms with Gasteiger partial charge in [0.2, 0.25) is 0 Å². The lowest BCUT2D eigenvalue weighted by Gasteiger charge is -2.21. The van der Waals surface area contributed by atoms with Crippen LogP contribution in [-0.4, -0.2) is 68.3 Å². The molecular formula is C24H25ClN4O4. The Morgan fingerprint density at radius 1 is 1.09 bits per heavy atom. The molecule has 0 bridgehead atoms. The topological polar surface area (TPSA) is 107 Å². The number of nitrogens with one attached hydrogen (secondary N) is 1. The Kier molecular flexibility index (Phi) is 6.36. The van der Waals surface area contributed by atoms with Crippen LogP contribution >= 0.6 is 12.4 Å². The number of hydrogen-bond acceptors (Lipinski definition) is 6. The number of fused-ring (bicyclic) bond motifs is 4. The maximum absolute atomic E-state index is 13.2. The van der Waals surface area contributed by atoms with E-state index in [0.29, 0.717) is 41.7 Å². The molecule has 0 radical (unpaired) electrons. The first-order valence-corrected chi connectivity index (χ1v) is 10.6. The number of carbonyl (C=O) groups is 1. The molecule has 2 aromatic heterocycles. The quantitative estimate of drug-likeness (QED) is 0.310. The van der Waals surface area contributed by atoms with Gasteiger partial charge in [-0.2, -0.15) is 0 Å². The van der Waals surface area contributed by atoms with Crippen molar-refractivity contribution in [2.24, 2.45) is 0 Å². The zero-order valence-electron chi connectivity index (χ0n) is 18.0. The highest BCUT2D eigenvalue weighted by Crippen LogP contribution is 2.23. The van der Waals surface area contributed by atoms with Gasteiger partial charge in [0.05, 0.1) is 28.7 Å². The third-order valence-electron chi connectivity index (χ3n) is 6.02. The van der Waals surface area contributed by atoms with Gasteiger partial charge in [-0.25, -0.2) is 4.98 Å². The van der Waals surface area contributed by atoms with Crippen LogP contribution < -0.4 is 10.9 Å². The lowest BCUT2D eigenvalue weighted by Crippen LogP contribution is -2.42. The lowest BCUT2D eigenvalue weighted by molar-refractivity contribution is 0.0572. The van der Waals surface area contributed by atoms with Crippen LogP contribution in [-0.2, 0) is 0 Å². The summed E-state index contributed by atoms with van der Waals surface area (Å²) in [5.74, 6) is -0.331. The first-order chi connectivity index (χ1) is 15.4. The second kappa shape index (κ2) is 9.07. The number of aliphatic hydroxyl groups is 2. The predicted octanol–water partition coefficient (Wildman–Crippen LogP) is 1.58. The summed E-state index contributed by atoms with van der Waals surface area (Å²) in [4.78, 5) is 32.9. The predicted molar refractivity (Wildman–Crippen MR) is 129 cm³/mol. The van der Waals surface area contributed by atoms with Crippen LogP contribution in [0.5, 0.6) is 0 Å². The molecule has 1 saturated heterocycles. The van der Waals surface area contributed by atoms with Crippen molar-refractivity contribution >= 4 is 45.6 Å². The van der Waals surface area contributed by atoms with Crippen molar-refractivity contribution in [3.63, 3.8) is 0 Å². The molecule has 0 aliphatic carbocycles. The molecule has 1 aliphatic heterocycles. The van der Waals surface area contributed by atoms with E-state index in [1.807, 2.05) is 42.2 Å². The number of aromatic nitrogens is 2. The van der Waals surface area contributed by atoms with Crippen molar-refractivity contribution in [3.8, 4) is 0 Å². The van der Waals surface area contributed by atoms with Crippen molar-refractivity contribution in [3.05, 3.63) is 70.6 Å². The van der Waals surface area contributed by atoms with Crippen molar-refractivity contribution < 1.29 is 15.0 Å². The number of carbonyl (C=O) groups excluding carboxylic acids is 1. The molecule has 172 valence electrons. The largest absolute Gasteiger partial charge is 0.389 e. The number of β-amino-alcohol motifs (C(OH)–C–C–N with tert-alkyl or cyclic N) is 2. The molecule has 3 heterocycles. The number of halogens is 1. The summed E-state index contributed by atoms with van der Waals surface area (Å²) >= 11 is 0. The SMILES string of the molecule is C[C@H](CN1C[C@H](O)[C@@H](O)C1)NC(=O)c1cccn2c(=O)c3ccc4ccccc4c3nc12.Cl. The van der Waals surface area contributed by atoms with E-state index in [1.165, 1.54) is 4.40 Å². The Balaban J connectivity index is 0.00000259. The van der Waals surface area contributed by atoms with E-state index in [4.69, 9.17) is 4.98 Å². The molecule has 0 saturated carbocycles. The third-order valence-corrected chi connectivity index (χ3v) is 6.02. The Labute approximate surface area is 195 Å². The number of hydrogen-bond donors (Lipinski definition) is 3. The minimum atomic E-state index is -0.768. The summed E-state index contributed by atoms with van der Waals surface area (Å²) < 4.78 is 1.41. The fraction of sp³-hybridized carbons (Fsp3) is 0.292. The number of likely N-dealkylation sites (tertiary alicyclic amines) is 1. The molecular weight excluding hydrogens is 444 g/mol. The van der Waals surface area contributed by atoms with Gasteiger partial charge in [-0.3, -0.25) is 18.9 Å². The van der Waals surface area contributed by atoms with Gasteiger partial charge in [0.1, 0.15) is 0 Å². The normalized spacial score (nSPS) is 19.6. The molecule has 5 rings (SSSR count). The average molecular weight is 469 g/mol. The number of rotatable bonds is 4. The van der Waals surface area contributed by atoms with E-state index in [1.54, 1.807) is 24.4 Å². The summed E-state index contributed by atoms with van der Waals surface area (Å²) in [7, 11) is 0. The molecule has 9 heteroatoms. The average Bonchev–Trinajstić information content (AvgIpc) is 3.09. The molecule has 8 nitrogen and oxygen atoms in total. The molecule has 0 spiro atoms. The third kappa shape index (κ3) is 4.18. The van der Waals surface area contributed by atoms with E-state index in [2.05, 4.69) is 5.32 Å². The maximum atomic E-state index is 13.2. The van der Waals surface area contributed by atoms with Crippen LogP contribution in [0.2, 0.25) is 0 Å². The van der Waals surface area contributed by atoms with E-state index < -0.39 is 12.2 Å². The van der Waals surface area contributed by atoms with Crippen LogP contribution in [0.25, 0.3) is 27.3 Å². The number of aliphatic hydroxyl groups excluding tert-OH is 2. The van der Waals surface area contributed by atoms with Crippen LogP contribution in [0.3, 0.4) is 0 Å². The lowest BCUT2D eigenvalue weighted by atomic mass is 10.1. The molecule has 33 heavy (non-hydrogen) atoms. The fourth-order valence-corrected chi connectivity index (χ4v) is 4.47. The molecule has 2 aromatic carbocycles. The summed E-state index contributed by atoms with van der Waals surface area (Å²) in [6.07, 6.45) is 0.0808. The number of nitrogens with zero attached hydrogens (tertiary/aromatic N) is 3. The van der Waals surface area contributed by atoms with Crippen LogP contribution in [0.1, 0.15) is 17.3 Å². The van der Waals surface area contributed by atoms with Gasteiger partial charge in [0, 0.05) is 37.3 Å². The van der Waals surface area contributed by atoms with E-state index >= 15 is 0 Å². The van der Waals surface area contributed by atoms with Crippen LogP contribution in [0.4, 0.5) is 0 Å². The van der Waals surface area contributed by atoms with Crippen molar-refractivity contribution in [1.82, 2.24) is 19.6 Å². The standard InChI is InChI=1S/C24H24N4O4.ClH/c1-14(11-27-12-19(29)20(30)13-27)25-23(31)18-7-4-10-28-22(18)26-21-16-6-3-2-5-15(16)8-9-17(21)24(28)32;/h2-10,14,19-20,29-30H,11-13H2,1H3,(H,25,31);1H/t14-,19+,20+;/m1./s1. The number of amides is 1. The van der Waals surface area contributed by atoms with Crippen LogP contribution in [0, 0.1) is 0 Å². The van der Waals surface area contributed by atoms with E-state index in [-0.39, 0.29) is 29.9 Å². The number of benzene rings is 2. The highest BCUT2D eigenvalue weighted by Gasteiger charge is 2.30. The zero-order valence-corrected chi connectivity index (χ0v) is 18.8. The molecule has 0 unspecified atom stereocenters. The Hall–Kier alpha value is -3.04. The second-order valence-electron chi connectivity index (χ2n) is 8.44. The second-order valence-corrected chi connectivity index (χ2v) is 8.44. The van der Waals surface area contributed by atoms with E-state index in [9.17, 15) is 19.8 Å². The maximum Gasteiger partial charge on any atom is 0.265 e. The molecule has 4 aromatic rings. The summed E-state index contributed by atoms with van der Waals surface area (Å²) in [5.41, 5.74) is 0.964. The Bertz CT molecular complexity index is 1400. The van der Waals surface area contributed by atoms with Crippen LogP contribution in [0.15, 0.2) is 59.5 Å². The smallest absolute Gasteiger partial charge is 0.265 e. The molecule has 3 N–H and O–H groups in total. The van der Waals surface area contributed by atoms with Gasteiger partial charge in [-0.1, -0.05) is 30.3 Å².